The molecule has 1 aromatic carbocycles. The van der Waals surface area contributed by atoms with Crippen molar-refractivity contribution >= 4 is 43.8 Å². The van der Waals surface area contributed by atoms with Gasteiger partial charge in [0.15, 0.2) is 5.13 Å². The predicted molar refractivity (Wildman–Crippen MR) is 82.9 cm³/mol. The third-order valence-corrected chi connectivity index (χ3v) is 5.39. The lowest BCUT2D eigenvalue weighted by molar-refractivity contribution is 0.601. The van der Waals surface area contributed by atoms with Gasteiger partial charge < -0.3 is 5.73 Å². The molecule has 1 heterocycles. The summed E-state index contributed by atoms with van der Waals surface area (Å²) in [7, 11) is -3.85. The normalized spacial score (nSPS) is 11.8. The largest absolute Gasteiger partial charge is 0.398 e. The van der Waals surface area contributed by atoms with Crippen molar-refractivity contribution in [1.82, 2.24) is 4.98 Å². The third-order valence-electron chi connectivity index (χ3n) is 2.60. The van der Waals surface area contributed by atoms with Gasteiger partial charge in [-0.1, -0.05) is 31.5 Å². The molecular weight excluding hydrogens is 318 g/mol. The van der Waals surface area contributed by atoms with Crippen LogP contribution in [0.2, 0.25) is 5.02 Å². The molecule has 0 aliphatic carbocycles. The van der Waals surface area contributed by atoms with Crippen molar-refractivity contribution < 1.29 is 8.42 Å². The number of nitrogens with two attached hydrogens (primary N) is 1. The van der Waals surface area contributed by atoms with Crippen molar-refractivity contribution in [2.45, 2.75) is 24.7 Å². The smallest absolute Gasteiger partial charge is 0.267 e. The first-order chi connectivity index (χ1) is 9.31. The molecule has 0 bridgehead atoms. The van der Waals surface area contributed by atoms with Gasteiger partial charge in [0.05, 0.1) is 16.4 Å². The van der Waals surface area contributed by atoms with E-state index in [1.165, 1.54) is 23.5 Å². The lowest BCUT2D eigenvalue weighted by Crippen LogP contribution is -2.15. The lowest BCUT2D eigenvalue weighted by atomic mass is 10.2. The van der Waals surface area contributed by atoms with Gasteiger partial charge in [-0.3, -0.25) is 4.72 Å². The van der Waals surface area contributed by atoms with Crippen LogP contribution >= 0.6 is 22.9 Å². The summed E-state index contributed by atoms with van der Waals surface area (Å²) in [5, 5.41) is 2.20. The molecular formula is C12H14ClN3O2S2. The van der Waals surface area contributed by atoms with Crippen LogP contribution in [-0.4, -0.2) is 13.4 Å². The molecule has 0 unspecified atom stereocenters. The van der Waals surface area contributed by atoms with E-state index in [0.29, 0.717) is 5.13 Å². The van der Waals surface area contributed by atoms with Gasteiger partial charge >= 0.3 is 0 Å². The minimum Gasteiger partial charge on any atom is -0.398 e. The number of anilines is 2. The molecule has 20 heavy (non-hydrogen) atoms. The SMILES string of the molecule is CC(C)c1csc(NS(=O)(=O)c2c(N)cccc2Cl)n1. The summed E-state index contributed by atoms with van der Waals surface area (Å²) >= 11 is 7.15. The molecule has 0 aliphatic rings. The second-order valence-electron chi connectivity index (χ2n) is 4.50. The molecule has 0 aliphatic heterocycles. The van der Waals surface area contributed by atoms with E-state index in [-0.39, 0.29) is 21.5 Å². The zero-order chi connectivity index (χ0) is 14.9. The molecule has 0 saturated heterocycles. The van der Waals surface area contributed by atoms with Crippen LogP contribution in [0.4, 0.5) is 10.8 Å². The average molecular weight is 332 g/mol. The van der Waals surface area contributed by atoms with Gasteiger partial charge in [-0.05, 0) is 18.1 Å². The first kappa shape index (κ1) is 15.1. The number of nitrogens with zero attached hydrogens (tertiary/aromatic N) is 1. The van der Waals surface area contributed by atoms with E-state index in [2.05, 4.69) is 9.71 Å². The highest BCUT2D eigenvalue weighted by atomic mass is 35.5. The van der Waals surface area contributed by atoms with Crippen molar-refractivity contribution in [2.24, 2.45) is 0 Å². The van der Waals surface area contributed by atoms with Crippen LogP contribution < -0.4 is 10.5 Å². The summed E-state index contributed by atoms with van der Waals surface area (Å²) in [5.74, 6) is 0.231. The van der Waals surface area contributed by atoms with E-state index < -0.39 is 10.0 Å². The van der Waals surface area contributed by atoms with Crippen LogP contribution in [0, 0.1) is 0 Å². The van der Waals surface area contributed by atoms with Gasteiger partial charge in [0.25, 0.3) is 10.0 Å². The number of rotatable bonds is 4. The Morgan fingerprint density at radius 3 is 2.65 bits per heavy atom. The predicted octanol–water partition coefficient (Wildman–Crippen LogP) is 3.30. The average Bonchev–Trinajstić information content (AvgIpc) is 2.76. The summed E-state index contributed by atoms with van der Waals surface area (Å²) in [6, 6.07) is 4.56. The second kappa shape index (κ2) is 5.59. The number of sulfonamides is 1. The van der Waals surface area contributed by atoms with E-state index >= 15 is 0 Å². The fraction of sp³-hybridized carbons (Fsp3) is 0.250. The first-order valence-corrected chi connectivity index (χ1v) is 8.57. The number of thiazole rings is 1. The zero-order valence-corrected chi connectivity index (χ0v) is 13.3. The maximum Gasteiger partial charge on any atom is 0.267 e. The highest BCUT2D eigenvalue weighted by Gasteiger charge is 2.22. The van der Waals surface area contributed by atoms with Crippen molar-refractivity contribution in [1.29, 1.82) is 0 Å². The number of nitrogens with one attached hydrogen (secondary N) is 1. The zero-order valence-electron chi connectivity index (χ0n) is 10.9. The number of hydrogen-bond acceptors (Lipinski definition) is 5. The standard InChI is InChI=1S/C12H14ClN3O2S2/c1-7(2)10-6-19-12(15-10)16-20(17,18)11-8(13)4-3-5-9(11)14/h3-7H,14H2,1-2H3,(H,15,16). The van der Waals surface area contributed by atoms with Crippen molar-refractivity contribution in [3.63, 3.8) is 0 Å². The molecule has 2 rings (SSSR count). The van der Waals surface area contributed by atoms with Crippen molar-refractivity contribution in [3.05, 3.63) is 34.3 Å². The Morgan fingerprint density at radius 1 is 1.40 bits per heavy atom. The van der Waals surface area contributed by atoms with Gasteiger partial charge in [0, 0.05) is 5.38 Å². The highest BCUT2D eigenvalue weighted by molar-refractivity contribution is 7.93. The Balaban J connectivity index is 2.36. The van der Waals surface area contributed by atoms with Gasteiger partial charge in [-0.15, -0.1) is 11.3 Å². The molecule has 5 nitrogen and oxygen atoms in total. The van der Waals surface area contributed by atoms with Crippen LogP contribution in [0.15, 0.2) is 28.5 Å². The first-order valence-electron chi connectivity index (χ1n) is 5.83. The maximum atomic E-state index is 12.3. The van der Waals surface area contributed by atoms with E-state index in [1.807, 2.05) is 19.2 Å². The Hall–Kier alpha value is -1.31. The lowest BCUT2D eigenvalue weighted by Gasteiger charge is -2.09. The summed E-state index contributed by atoms with van der Waals surface area (Å²) in [6.45, 7) is 3.97. The maximum absolute atomic E-state index is 12.3. The number of hydrogen-bond donors (Lipinski definition) is 2. The number of aromatic nitrogens is 1. The van der Waals surface area contributed by atoms with Crippen LogP contribution in [0.3, 0.4) is 0 Å². The molecule has 8 heteroatoms. The Bertz CT molecular complexity index is 706. The van der Waals surface area contributed by atoms with E-state index in [4.69, 9.17) is 17.3 Å². The molecule has 0 amide bonds. The summed E-state index contributed by atoms with van der Waals surface area (Å²) < 4.78 is 27.0. The molecule has 3 N–H and O–H groups in total. The minimum absolute atomic E-state index is 0.0816. The number of nitrogen functional groups attached to an aromatic ring is 1. The Kier molecular flexibility index (Phi) is 4.22. The molecule has 0 spiro atoms. The summed E-state index contributed by atoms with van der Waals surface area (Å²) in [5.41, 5.74) is 6.63. The van der Waals surface area contributed by atoms with Crippen LogP contribution in [-0.2, 0) is 10.0 Å². The number of benzene rings is 1. The van der Waals surface area contributed by atoms with E-state index in [0.717, 1.165) is 5.69 Å². The van der Waals surface area contributed by atoms with Gasteiger partial charge in [-0.2, -0.15) is 0 Å². The molecule has 0 atom stereocenters. The number of halogens is 1. The topological polar surface area (TPSA) is 85.1 Å². The summed E-state index contributed by atoms with van der Waals surface area (Å²) in [4.78, 5) is 4.10. The quantitative estimate of drug-likeness (QED) is 0.842. The van der Waals surface area contributed by atoms with E-state index in [1.54, 1.807) is 6.07 Å². The van der Waals surface area contributed by atoms with Crippen LogP contribution in [0.25, 0.3) is 0 Å². The second-order valence-corrected chi connectivity index (χ2v) is 7.38. The highest BCUT2D eigenvalue weighted by Crippen LogP contribution is 2.30. The van der Waals surface area contributed by atoms with Gasteiger partial charge in [-0.25, -0.2) is 13.4 Å². The van der Waals surface area contributed by atoms with Crippen molar-refractivity contribution in [3.8, 4) is 0 Å². The van der Waals surface area contributed by atoms with E-state index in [9.17, 15) is 8.42 Å². The Labute approximate surface area is 126 Å². The molecule has 108 valence electrons. The fourth-order valence-corrected chi connectivity index (χ4v) is 4.38. The molecule has 2 aromatic rings. The molecule has 1 aromatic heterocycles. The van der Waals surface area contributed by atoms with Gasteiger partial charge in [0.2, 0.25) is 0 Å². The summed E-state index contributed by atoms with van der Waals surface area (Å²) in [6.07, 6.45) is 0. The monoisotopic (exact) mass is 331 g/mol. The van der Waals surface area contributed by atoms with Crippen LogP contribution in [0.5, 0.6) is 0 Å². The molecule has 0 radical (unpaired) electrons. The van der Waals surface area contributed by atoms with Gasteiger partial charge in [0.1, 0.15) is 4.90 Å². The minimum atomic E-state index is -3.85. The molecule has 0 fully saturated rings. The molecule has 0 saturated carbocycles. The fourth-order valence-electron chi connectivity index (χ4n) is 1.57. The van der Waals surface area contributed by atoms with Crippen LogP contribution in [0.1, 0.15) is 25.5 Å². The van der Waals surface area contributed by atoms with Crippen molar-refractivity contribution in [2.75, 3.05) is 10.5 Å². The third kappa shape index (κ3) is 3.05. The Morgan fingerprint density at radius 2 is 2.10 bits per heavy atom.